The van der Waals surface area contributed by atoms with Gasteiger partial charge in [-0.25, -0.2) is 9.97 Å². The molecule has 2 heterocycles. The monoisotopic (exact) mass is 358 g/mol. The van der Waals surface area contributed by atoms with Gasteiger partial charge in [-0.3, -0.25) is 9.69 Å². The summed E-state index contributed by atoms with van der Waals surface area (Å²) in [4.78, 5) is 21.5. The molecule has 140 valence electrons. The molecule has 2 aromatic rings. The van der Waals surface area contributed by atoms with Crippen LogP contribution in [-0.4, -0.2) is 65.1 Å². The van der Waals surface area contributed by atoms with E-state index in [2.05, 4.69) is 58.1 Å². The van der Waals surface area contributed by atoms with Crippen LogP contribution in [0.15, 0.2) is 36.7 Å². The highest BCUT2D eigenvalue weighted by Crippen LogP contribution is 2.22. The van der Waals surface area contributed by atoms with E-state index in [4.69, 9.17) is 14.6 Å². The summed E-state index contributed by atoms with van der Waals surface area (Å²) in [6, 6.07) is 9.71. The maximum atomic E-state index is 8.36. The number of methoxy groups -OCH3 is 1. The Morgan fingerprint density at radius 1 is 1.31 bits per heavy atom. The van der Waals surface area contributed by atoms with Gasteiger partial charge in [0.1, 0.15) is 0 Å². The van der Waals surface area contributed by atoms with Gasteiger partial charge in [0.15, 0.2) is 0 Å². The average Bonchev–Trinajstić information content (AvgIpc) is 2.63. The Bertz CT molecular complexity index is 693. The standard InChI is InChI=1S/C18H24N4O.CH2O2/c1-21(11-14-9-19-18(23-3)20-10-14)13-17-8-15-6-4-5-7-16(15)12-22(17)2;2-1-3/h4-7,9-10,17H,8,11-13H2,1-3H3;1H,(H,2,3). The summed E-state index contributed by atoms with van der Waals surface area (Å²) in [6.07, 6.45) is 4.78. The number of hydrogen-bond acceptors (Lipinski definition) is 6. The molecule has 0 spiro atoms. The summed E-state index contributed by atoms with van der Waals surface area (Å²) in [5.74, 6) is 0. The first kappa shape index (κ1) is 19.8. The number of aromatic nitrogens is 2. The summed E-state index contributed by atoms with van der Waals surface area (Å²) in [7, 11) is 5.95. The van der Waals surface area contributed by atoms with Crippen LogP contribution < -0.4 is 4.74 Å². The normalized spacial score (nSPS) is 16.4. The topological polar surface area (TPSA) is 78.8 Å². The highest BCUT2D eigenvalue weighted by molar-refractivity contribution is 5.32. The van der Waals surface area contributed by atoms with Gasteiger partial charge in [-0.2, -0.15) is 0 Å². The maximum absolute atomic E-state index is 8.36. The van der Waals surface area contributed by atoms with E-state index >= 15 is 0 Å². The van der Waals surface area contributed by atoms with Gasteiger partial charge >= 0.3 is 6.01 Å². The zero-order valence-corrected chi connectivity index (χ0v) is 15.5. The minimum Gasteiger partial charge on any atom is -0.483 e. The predicted octanol–water partition coefficient (Wildman–Crippen LogP) is 1.67. The van der Waals surface area contributed by atoms with Crippen LogP contribution in [0.1, 0.15) is 16.7 Å². The van der Waals surface area contributed by atoms with E-state index < -0.39 is 0 Å². The summed E-state index contributed by atoms with van der Waals surface area (Å²) < 4.78 is 5.00. The van der Waals surface area contributed by atoms with E-state index in [1.807, 2.05) is 12.4 Å². The number of carboxylic acid groups (broad SMARTS) is 1. The number of ether oxygens (including phenoxy) is 1. The van der Waals surface area contributed by atoms with Crippen molar-refractivity contribution in [3.63, 3.8) is 0 Å². The largest absolute Gasteiger partial charge is 0.483 e. The Morgan fingerprint density at radius 2 is 1.92 bits per heavy atom. The van der Waals surface area contributed by atoms with E-state index in [1.165, 1.54) is 11.1 Å². The van der Waals surface area contributed by atoms with Crippen molar-refractivity contribution in [2.45, 2.75) is 25.6 Å². The minimum absolute atomic E-state index is 0.250. The molecule has 0 saturated carbocycles. The molecule has 26 heavy (non-hydrogen) atoms. The van der Waals surface area contributed by atoms with Crippen molar-refractivity contribution in [1.82, 2.24) is 19.8 Å². The third-order valence-corrected chi connectivity index (χ3v) is 4.46. The smallest absolute Gasteiger partial charge is 0.316 e. The van der Waals surface area contributed by atoms with Gasteiger partial charge in [-0.15, -0.1) is 0 Å². The van der Waals surface area contributed by atoms with E-state index in [9.17, 15) is 0 Å². The van der Waals surface area contributed by atoms with Crippen molar-refractivity contribution in [2.75, 3.05) is 27.7 Å². The third-order valence-electron chi connectivity index (χ3n) is 4.46. The molecule has 1 aliphatic heterocycles. The molecule has 0 saturated heterocycles. The molecule has 0 aliphatic carbocycles. The summed E-state index contributed by atoms with van der Waals surface area (Å²) in [5.41, 5.74) is 4.04. The molecule has 0 fully saturated rings. The van der Waals surface area contributed by atoms with E-state index in [1.54, 1.807) is 7.11 Å². The quantitative estimate of drug-likeness (QED) is 0.815. The van der Waals surface area contributed by atoms with Crippen molar-refractivity contribution in [1.29, 1.82) is 0 Å². The molecule has 1 N–H and O–H groups in total. The van der Waals surface area contributed by atoms with Crippen LogP contribution in [0.3, 0.4) is 0 Å². The number of fused-ring (bicyclic) bond motifs is 1. The molecule has 1 aliphatic rings. The third kappa shape index (κ3) is 5.50. The Kier molecular flexibility index (Phi) is 7.50. The van der Waals surface area contributed by atoms with Gasteiger partial charge in [0.05, 0.1) is 7.11 Å². The molecule has 0 amide bonds. The molecule has 1 atom stereocenters. The van der Waals surface area contributed by atoms with Gasteiger partial charge in [0.25, 0.3) is 6.47 Å². The lowest BCUT2D eigenvalue weighted by Gasteiger charge is -2.36. The van der Waals surface area contributed by atoms with Crippen LogP contribution in [0.5, 0.6) is 6.01 Å². The molecule has 1 aromatic heterocycles. The molecular weight excluding hydrogens is 332 g/mol. The fourth-order valence-corrected chi connectivity index (χ4v) is 3.19. The highest BCUT2D eigenvalue weighted by Gasteiger charge is 2.24. The van der Waals surface area contributed by atoms with Gasteiger partial charge in [0, 0.05) is 43.6 Å². The number of nitrogens with zero attached hydrogens (tertiary/aromatic N) is 4. The van der Waals surface area contributed by atoms with Crippen LogP contribution in [0.2, 0.25) is 0 Å². The Morgan fingerprint density at radius 3 is 2.54 bits per heavy atom. The fourth-order valence-electron chi connectivity index (χ4n) is 3.19. The zero-order valence-electron chi connectivity index (χ0n) is 15.5. The first-order chi connectivity index (χ1) is 12.6. The number of benzene rings is 1. The summed E-state index contributed by atoms with van der Waals surface area (Å²) in [5, 5.41) is 6.89. The van der Waals surface area contributed by atoms with E-state index in [-0.39, 0.29) is 6.47 Å². The molecule has 0 bridgehead atoms. The van der Waals surface area contributed by atoms with Crippen LogP contribution >= 0.6 is 0 Å². The van der Waals surface area contributed by atoms with E-state index in [0.29, 0.717) is 12.1 Å². The molecule has 0 radical (unpaired) electrons. The van der Waals surface area contributed by atoms with Crippen LogP contribution in [0, 0.1) is 0 Å². The van der Waals surface area contributed by atoms with Crippen molar-refractivity contribution < 1.29 is 14.6 Å². The Hall–Kier alpha value is -2.51. The second-order valence-electron chi connectivity index (χ2n) is 6.42. The Balaban J connectivity index is 0.000000758. The lowest BCUT2D eigenvalue weighted by atomic mass is 9.94. The second-order valence-corrected chi connectivity index (χ2v) is 6.42. The predicted molar refractivity (Wildman–Crippen MR) is 99.0 cm³/mol. The van der Waals surface area contributed by atoms with Crippen molar-refractivity contribution in [2.24, 2.45) is 0 Å². The maximum Gasteiger partial charge on any atom is 0.316 e. The first-order valence-corrected chi connectivity index (χ1v) is 8.45. The fraction of sp³-hybridized carbons (Fsp3) is 0.421. The number of hydrogen-bond donors (Lipinski definition) is 1. The van der Waals surface area contributed by atoms with E-state index in [0.717, 1.165) is 31.6 Å². The van der Waals surface area contributed by atoms with Gasteiger partial charge in [0.2, 0.25) is 0 Å². The molecule has 1 unspecified atom stereocenters. The minimum atomic E-state index is -0.250. The van der Waals surface area contributed by atoms with Gasteiger partial charge in [-0.05, 0) is 31.6 Å². The molecular formula is C19H26N4O3. The van der Waals surface area contributed by atoms with Crippen molar-refractivity contribution in [3.8, 4) is 6.01 Å². The van der Waals surface area contributed by atoms with Crippen LogP contribution in [-0.2, 0) is 24.3 Å². The average molecular weight is 358 g/mol. The lowest BCUT2D eigenvalue weighted by molar-refractivity contribution is -0.122. The second kappa shape index (κ2) is 9.84. The zero-order chi connectivity index (χ0) is 18.9. The van der Waals surface area contributed by atoms with Crippen LogP contribution in [0.25, 0.3) is 0 Å². The van der Waals surface area contributed by atoms with Gasteiger partial charge in [-0.1, -0.05) is 24.3 Å². The number of rotatable bonds is 5. The molecule has 7 nitrogen and oxygen atoms in total. The Labute approximate surface area is 154 Å². The summed E-state index contributed by atoms with van der Waals surface area (Å²) in [6.45, 7) is 2.65. The molecule has 1 aromatic carbocycles. The SMILES string of the molecule is COc1ncc(CN(C)CC2Cc3ccccc3CN2C)cn1.O=CO. The summed E-state index contributed by atoms with van der Waals surface area (Å²) >= 11 is 0. The van der Waals surface area contributed by atoms with Crippen LogP contribution in [0.4, 0.5) is 0 Å². The first-order valence-electron chi connectivity index (χ1n) is 8.45. The molecule has 7 heteroatoms. The highest BCUT2D eigenvalue weighted by atomic mass is 16.5. The number of carbonyl (C=O) groups is 1. The van der Waals surface area contributed by atoms with Crippen molar-refractivity contribution in [3.05, 3.63) is 53.3 Å². The van der Waals surface area contributed by atoms with Gasteiger partial charge < -0.3 is 14.7 Å². The lowest BCUT2D eigenvalue weighted by Crippen LogP contribution is -2.44. The number of likely N-dealkylation sites (N-methyl/N-ethyl adjacent to an activating group) is 2. The molecule has 3 rings (SSSR count). The van der Waals surface area contributed by atoms with Crippen molar-refractivity contribution >= 4 is 6.47 Å².